The van der Waals surface area contributed by atoms with Crippen molar-refractivity contribution in [1.82, 2.24) is 9.80 Å². The van der Waals surface area contributed by atoms with E-state index in [9.17, 15) is 14.0 Å². The molecular formula is C26H24ClFN2O3S. The van der Waals surface area contributed by atoms with E-state index in [-0.39, 0.29) is 36.0 Å². The van der Waals surface area contributed by atoms with Crippen molar-refractivity contribution in [2.24, 2.45) is 0 Å². The Balaban J connectivity index is 1.34. The number of hydrogen-bond acceptors (Lipinski definition) is 4. The van der Waals surface area contributed by atoms with Crippen LogP contribution in [0.15, 0.2) is 60.0 Å². The van der Waals surface area contributed by atoms with Crippen molar-refractivity contribution in [3.63, 3.8) is 0 Å². The summed E-state index contributed by atoms with van der Waals surface area (Å²) in [5, 5.41) is 2.67. The van der Waals surface area contributed by atoms with Gasteiger partial charge in [-0.25, -0.2) is 4.39 Å². The molecule has 5 nitrogen and oxygen atoms in total. The topological polar surface area (TPSA) is 49.9 Å². The first-order valence-corrected chi connectivity index (χ1v) is 12.6. The molecule has 0 radical (unpaired) electrons. The molecule has 1 aromatic heterocycles. The zero-order valence-corrected chi connectivity index (χ0v) is 20.0. The maximum absolute atomic E-state index is 13.7. The van der Waals surface area contributed by atoms with Gasteiger partial charge >= 0.3 is 0 Å². The predicted molar refractivity (Wildman–Crippen MR) is 130 cm³/mol. The summed E-state index contributed by atoms with van der Waals surface area (Å²) in [7, 11) is 0. The molecule has 2 amide bonds. The third-order valence-corrected chi connectivity index (χ3v) is 7.51. The van der Waals surface area contributed by atoms with Crippen molar-refractivity contribution in [2.45, 2.75) is 31.3 Å². The largest absolute Gasteiger partial charge is 0.491 e. The van der Waals surface area contributed by atoms with Gasteiger partial charge in [-0.2, -0.15) is 0 Å². The molecular weight excluding hydrogens is 475 g/mol. The zero-order chi connectivity index (χ0) is 23.7. The lowest BCUT2D eigenvalue weighted by Gasteiger charge is -2.37. The van der Waals surface area contributed by atoms with Crippen molar-refractivity contribution < 1.29 is 18.7 Å². The Kier molecular flexibility index (Phi) is 6.57. The molecule has 1 atom stereocenters. The molecule has 1 aliphatic heterocycles. The normalized spacial score (nSPS) is 17.2. The van der Waals surface area contributed by atoms with Gasteiger partial charge in [-0.3, -0.25) is 9.59 Å². The Labute approximate surface area is 206 Å². The van der Waals surface area contributed by atoms with E-state index < -0.39 is 5.82 Å². The quantitative estimate of drug-likeness (QED) is 0.441. The SMILES string of the molecule is O=C(c1cccc(F)c1)N(CC(=O)N1CCc2sccc2C1COc1ccc(Cl)cc1)C1CC1. The summed E-state index contributed by atoms with van der Waals surface area (Å²) in [6.45, 7) is 0.836. The molecule has 0 N–H and O–H groups in total. The van der Waals surface area contributed by atoms with E-state index in [1.54, 1.807) is 46.6 Å². The van der Waals surface area contributed by atoms with E-state index in [0.29, 0.717) is 23.9 Å². The summed E-state index contributed by atoms with van der Waals surface area (Å²) < 4.78 is 19.7. The highest BCUT2D eigenvalue weighted by molar-refractivity contribution is 7.10. The fourth-order valence-corrected chi connectivity index (χ4v) is 5.41. The Morgan fingerprint density at radius 3 is 2.68 bits per heavy atom. The molecule has 5 rings (SSSR count). The van der Waals surface area contributed by atoms with Crippen LogP contribution in [0.5, 0.6) is 5.75 Å². The van der Waals surface area contributed by atoms with Gasteiger partial charge in [0.15, 0.2) is 0 Å². The van der Waals surface area contributed by atoms with E-state index >= 15 is 0 Å². The maximum Gasteiger partial charge on any atom is 0.254 e. The van der Waals surface area contributed by atoms with Gasteiger partial charge in [0.1, 0.15) is 24.7 Å². The molecule has 8 heteroatoms. The van der Waals surface area contributed by atoms with Crippen LogP contribution in [0.1, 0.15) is 39.7 Å². The molecule has 0 bridgehead atoms. The van der Waals surface area contributed by atoms with Crippen molar-refractivity contribution in [3.8, 4) is 5.75 Å². The molecule has 2 aliphatic rings. The molecule has 34 heavy (non-hydrogen) atoms. The van der Waals surface area contributed by atoms with Crippen LogP contribution < -0.4 is 4.74 Å². The summed E-state index contributed by atoms with van der Waals surface area (Å²) in [6, 6.07) is 14.6. The van der Waals surface area contributed by atoms with Gasteiger partial charge in [0.05, 0.1) is 6.04 Å². The first-order valence-electron chi connectivity index (χ1n) is 11.3. The van der Waals surface area contributed by atoms with Crippen LogP contribution in [0.2, 0.25) is 5.02 Å². The van der Waals surface area contributed by atoms with Crippen LogP contribution in [-0.2, 0) is 11.2 Å². The van der Waals surface area contributed by atoms with E-state index in [1.807, 2.05) is 16.3 Å². The number of fused-ring (bicyclic) bond motifs is 1. The van der Waals surface area contributed by atoms with Gasteiger partial charge in [0.2, 0.25) is 5.91 Å². The first kappa shape index (κ1) is 22.9. The molecule has 3 aromatic rings. The first-order chi connectivity index (χ1) is 16.5. The number of halogens is 2. The second-order valence-corrected chi connectivity index (χ2v) is 10.0. The van der Waals surface area contributed by atoms with Gasteiger partial charge in [0.25, 0.3) is 5.91 Å². The second-order valence-electron chi connectivity index (χ2n) is 8.59. The molecule has 2 heterocycles. The van der Waals surface area contributed by atoms with E-state index in [0.717, 1.165) is 24.8 Å². The van der Waals surface area contributed by atoms with Crippen molar-refractivity contribution in [3.05, 3.63) is 86.8 Å². The molecule has 176 valence electrons. The van der Waals surface area contributed by atoms with Gasteiger partial charge in [-0.05, 0) is 78.7 Å². The number of rotatable bonds is 7. The molecule has 0 saturated heterocycles. The number of thiophene rings is 1. The van der Waals surface area contributed by atoms with Crippen LogP contribution in [-0.4, -0.2) is 47.4 Å². The lowest BCUT2D eigenvalue weighted by atomic mass is 10.0. The highest BCUT2D eigenvalue weighted by Crippen LogP contribution is 2.35. The third kappa shape index (κ3) is 4.95. The Hall–Kier alpha value is -2.90. The van der Waals surface area contributed by atoms with E-state index in [2.05, 4.69) is 0 Å². The van der Waals surface area contributed by atoms with Gasteiger partial charge in [-0.15, -0.1) is 11.3 Å². The van der Waals surface area contributed by atoms with Gasteiger partial charge < -0.3 is 14.5 Å². The smallest absolute Gasteiger partial charge is 0.254 e. The van der Waals surface area contributed by atoms with Crippen molar-refractivity contribution in [1.29, 1.82) is 0 Å². The predicted octanol–water partition coefficient (Wildman–Crippen LogP) is 5.35. The number of nitrogens with zero attached hydrogens (tertiary/aromatic N) is 2. The van der Waals surface area contributed by atoms with Gasteiger partial charge in [-0.1, -0.05) is 17.7 Å². The molecule has 0 spiro atoms. The highest BCUT2D eigenvalue weighted by Gasteiger charge is 2.38. The average molecular weight is 499 g/mol. The number of hydrogen-bond donors (Lipinski definition) is 0. The Morgan fingerprint density at radius 2 is 1.94 bits per heavy atom. The van der Waals surface area contributed by atoms with Crippen LogP contribution in [0, 0.1) is 5.82 Å². The summed E-state index contributed by atoms with van der Waals surface area (Å²) in [6.07, 6.45) is 2.48. The molecule has 1 saturated carbocycles. The number of carbonyl (C=O) groups excluding carboxylic acids is 2. The average Bonchev–Trinajstić information content (AvgIpc) is 3.57. The minimum Gasteiger partial charge on any atom is -0.491 e. The molecule has 1 aliphatic carbocycles. The second kappa shape index (κ2) is 9.76. The van der Waals surface area contributed by atoms with Crippen LogP contribution >= 0.6 is 22.9 Å². The fraction of sp³-hybridized carbons (Fsp3) is 0.308. The molecule has 1 unspecified atom stereocenters. The lowest BCUT2D eigenvalue weighted by Crippen LogP contribution is -2.48. The number of ether oxygens (including phenoxy) is 1. The number of carbonyl (C=O) groups is 2. The zero-order valence-electron chi connectivity index (χ0n) is 18.5. The monoisotopic (exact) mass is 498 g/mol. The number of amides is 2. The summed E-state index contributed by atoms with van der Waals surface area (Å²) in [5.74, 6) is -0.218. The van der Waals surface area contributed by atoms with Crippen molar-refractivity contribution >= 4 is 34.8 Å². The fourth-order valence-electron chi connectivity index (χ4n) is 4.36. The Morgan fingerprint density at radius 1 is 1.15 bits per heavy atom. The number of benzene rings is 2. The lowest BCUT2D eigenvalue weighted by molar-refractivity contribution is -0.135. The van der Waals surface area contributed by atoms with E-state index in [1.165, 1.54) is 23.1 Å². The van der Waals surface area contributed by atoms with Crippen LogP contribution in [0.3, 0.4) is 0 Å². The third-order valence-electron chi connectivity index (χ3n) is 6.26. The minimum absolute atomic E-state index is 0.0185. The summed E-state index contributed by atoms with van der Waals surface area (Å²) in [5.41, 5.74) is 1.36. The van der Waals surface area contributed by atoms with Gasteiger partial charge in [0, 0.05) is 28.0 Å². The standard InChI is InChI=1S/C26H24ClFN2O3S/c27-18-4-8-21(9-5-18)33-16-23-22-11-13-34-24(22)10-12-29(23)25(31)15-30(20-6-7-20)26(32)17-2-1-3-19(28)14-17/h1-5,8-9,11,13-14,20,23H,6-7,10,12,15-16H2. The minimum atomic E-state index is -0.464. The molecule has 2 aromatic carbocycles. The summed E-state index contributed by atoms with van der Waals surface area (Å²) in [4.78, 5) is 31.3. The van der Waals surface area contributed by atoms with Crippen LogP contribution in [0.4, 0.5) is 4.39 Å². The molecule has 1 fully saturated rings. The van der Waals surface area contributed by atoms with E-state index in [4.69, 9.17) is 16.3 Å². The van der Waals surface area contributed by atoms with Crippen molar-refractivity contribution in [2.75, 3.05) is 19.7 Å². The highest BCUT2D eigenvalue weighted by atomic mass is 35.5. The Bertz CT molecular complexity index is 1190. The summed E-state index contributed by atoms with van der Waals surface area (Å²) >= 11 is 7.66. The van der Waals surface area contributed by atoms with Crippen LogP contribution in [0.25, 0.3) is 0 Å². The maximum atomic E-state index is 13.7.